The molecule has 0 radical (unpaired) electrons. The Morgan fingerprint density at radius 1 is 1.44 bits per heavy atom. The number of aliphatic hydroxyl groups is 1. The van der Waals surface area contributed by atoms with Crippen molar-refractivity contribution in [2.75, 3.05) is 27.2 Å². The van der Waals surface area contributed by atoms with Crippen LogP contribution in [0.25, 0.3) is 0 Å². The monoisotopic (exact) mass is 220 g/mol. The van der Waals surface area contributed by atoms with Crippen molar-refractivity contribution in [3.05, 3.63) is 35.4 Å². The highest BCUT2D eigenvalue weighted by Gasteiger charge is 2.32. The quantitative estimate of drug-likeness (QED) is 0.795. The van der Waals surface area contributed by atoms with E-state index < -0.39 is 5.60 Å². The fourth-order valence-corrected chi connectivity index (χ4v) is 2.25. The number of benzene rings is 1. The summed E-state index contributed by atoms with van der Waals surface area (Å²) in [6, 6.07) is 8.28. The van der Waals surface area contributed by atoms with E-state index >= 15 is 0 Å². The van der Waals surface area contributed by atoms with Gasteiger partial charge in [0, 0.05) is 13.1 Å². The zero-order chi connectivity index (χ0) is 11.6. The molecule has 1 saturated heterocycles. The molecule has 0 saturated carbocycles. The van der Waals surface area contributed by atoms with Gasteiger partial charge in [-0.3, -0.25) is 0 Å². The smallest absolute Gasteiger partial charge is 0.103 e. The third-order valence-corrected chi connectivity index (χ3v) is 3.10. The second-order valence-corrected chi connectivity index (χ2v) is 4.90. The van der Waals surface area contributed by atoms with Gasteiger partial charge in [0.05, 0.1) is 0 Å². The van der Waals surface area contributed by atoms with Gasteiger partial charge in [-0.15, -0.1) is 0 Å². The fourth-order valence-electron chi connectivity index (χ4n) is 2.25. The van der Waals surface area contributed by atoms with Crippen LogP contribution in [0.2, 0.25) is 0 Å². The van der Waals surface area contributed by atoms with Crippen LogP contribution in [0.15, 0.2) is 24.3 Å². The summed E-state index contributed by atoms with van der Waals surface area (Å²) in [5.41, 5.74) is 1.63. The highest BCUT2D eigenvalue weighted by molar-refractivity contribution is 5.29. The third-order valence-electron chi connectivity index (χ3n) is 3.10. The molecule has 0 aliphatic carbocycles. The van der Waals surface area contributed by atoms with E-state index in [9.17, 15) is 5.11 Å². The number of β-amino-alcohol motifs (C(OH)–C–C–N with tert-alkyl or cyclic N) is 1. The van der Waals surface area contributed by atoms with E-state index in [0.717, 1.165) is 25.1 Å². The molecule has 0 bridgehead atoms. The van der Waals surface area contributed by atoms with Crippen molar-refractivity contribution in [3.8, 4) is 0 Å². The average molecular weight is 220 g/mol. The van der Waals surface area contributed by atoms with Gasteiger partial charge in [0.2, 0.25) is 0 Å². The summed E-state index contributed by atoms with van der Waals surface area (Å²) in [4.78, 5) is 2.13. The predicted octanol–water partition coefficient (Wildman–Crippen LogP) is 0.929. The Bertz CT molecular complexity index is 357. The van der Waals surface area contributed by atoms with E-state index in [1.54, 1.807) is 0 Å². The summed E-state index contributed by atoms with van der Waals surface area (Å²) in [5.74, 6) is 0. The summed E-state index contributed by atoms with van der Waals surface area (Å²) in [6.45, 7) is 2.48. The van der Waals surface area contributed by atoms with Crippen LogP contribution < -0.4 is 5.32 Å². The van der Waals surface area contributed by atoms with Gasteiger partial charge in [-0.25, -0.2) is 0 Å². The molecule has 1 atom stereocenters. The Balaban J connectivity index is 2.21. The number of nitrogens with zero attached hydrogens (tertiary/aromatic N) is 1. The lowest BCUT2D eigenvalue weighted by molar-refractivity contribution is 0.0586. The van der Waals surface area contributed by atoms with Crippen LogP contribution in [-0.2, 0) is 12.1 Å². The lowest BCUT2D eigenvalue weighted by Gasteiger charge is -2.23. The SMILES string of the molecule is CN(C)Cc1cccc(C2(O)CCNC2)c1. The van der Waals surface area contributed by atoms with Gasteiger partial charge in [-0.1, -0.05) is 24.3 Å². The molecule has 1 unspecified atom stereocenters. The van der Waals surface area contributed by atoms with Crippen molar-refractivity contribution in [1.29, 1.82) is 0 Å². The van der Waals surface area contributed by atoms with Crippen molar-refractivity contribution < 1.29 is 5.11 Å². The van der Waals surface area contributed by atoms with Gasteiger partial charge in [-0.2, -0.15) is 0 Å². The van der Waals surface area contributed by atoms with Crippen molar-refractivity contribution in [3.63, 3.8) is 0 Å². The Morgan fingerprint density at radius 2 is 2.25 bits per heavy atom. The first-order valence-electron chi connectivity index (χ1n) is 5.77. The zero-order valence-corrected chi connectivity index (χ0v) is 10.0. The predicted molar refractivity (Wildman–Crippen MR) is 65.2 cm³/mol. The minimum absolute atomic E-state index is 0.664. The summed E-state index contributed by atoms with van der Waals surface area (Å²) in [6.07, 6.45) is 0.804. The largest absolute Gasteiger partial charge is 0.384 e. The topological polar surface area (TPSA) is 35.5 Å². The molecule has 0 aromatic heterocycles. The van der Waals surface area contributed by atoms with Gasteiger partial charge in [0.1, 0.15) is 5.60 Å². The molecule has 0 spiro atoms. The van der Waals surface area contributed by atoms with Crippen LogP contribution >= 0.6 is 0 Å². The number of rotatable bonds is 3. The Hall–Kier alpha value is -0.900. The molecule has 1 fully saturated rings. The van der Waals surface area contributed by atoms with Gasteiger partial charge in [-0.05, 0) is 38.2 Å². The molecular formula is C13H20N2O. The van der Waals surface area contributed by atoms with E-state index in [-0.39, 0.29) is 0 Å². The molecule has 1 aliphatic rings. The van der Waals surface area contributed by atoms with E-state index in [0.29, 0.717) is 6.54 Å². The van der Waals surface area contributed by atoms with Gasteiger partial charge >= 0.3 is 0 Å². The lowest BCUT2D eigenvalue weighted by atomic mass is 9.92. The highest BCUT2D eigenvalue weighted by atomic mass is 16.3. The molecule has 2 N–H and O–H groups in total. The van der Waals surface area contributed by atoms with Crippen LogP contribution in [0, 0.1) is 0 Å². The Morgan fingerprint density at radius 3 is 2.88 bits per heavy atom. The van der Waals surface area contributed by atoms with Crippen LogP contribution in [0.4, 0.5) is 0 Å². The minimum atomic E-state index is -0.664. The summed E-state index contributed by atoms with van der Waals surface area (Å²) < 4.78 is 0. The van der Waals surface area contributed by atoms with Crippen LogP contribution in [-0.4, -0.2) is 37.2 Å². The molecule has 3 nitrogen and oxygen atoms in total. The van der Waals surface area contributed by atoms with Crippen molar-refractivity contribution >= 4 is 0 Å². The number of nitrogens with one attached hydrogen (secondary N) is 1. The molecule has 1 aromatic carbocycles. The first kappa shape index (κ1) is 11.6. The molecule has 0 amide bonds. The maximum atomic E-state index is 10.4. The van der Waals surface area contributed by atoms with Gasteiger partial charge in [0.15, 0.2) is 0 Å². The molecule has 2 rings (SSSR count). The second-order valence-electron chi connectivity index (χ2n) is 4.90. The first-order valence-corrected chi connectivity index (χ1v) is 5.77. The number of hydrogen-bond acceptors (Lipinski definition) is 3. The van der Waals surface area contributed by atoms with E-state index in [1.807, 2.05) is 12.1 Å². The summed E-state index contributed by atoms with van der Waals surface area (Å²) >= 11 is 0. The third kappa shape index (κ3) is 2.43. The van der Waals surface area contributed by atoms with Crippen LogP contribution in [0.3, 0.4) is 0 Å². The van der Waals surface area contributed by atoms with Gasteiger partial charge in [0.25, 0.3) is 0 Å². The standard InChI is InChI=1S/C13H20N2O/c1-15(2)9-11-4-3-5-12(8-11)13(16)6-7-14-10-13/h3-5,8,14,16H,6-7,9-10H2,1-2H3. The van der Waals surface area contributed by atoms with Crippen molar-refractivity contribution in [1.82, 2.24) is 10.2 Å². The fraction of sp³-hybridized carbons (Fsp3) is 0.538. The molecule has 1 aromatic rings. The average Bonchev–Trinajstić information content (AvgIpc) is 2.66. The lowest BCUT2D eigenvalue weighted by Crippen LogP contribution is -2.28. The highest BCUT2D eigenvalue weighted by Crippen LogP contribution is 2.28. The molecule has 88 valence electrons. The molecular weight excluding hydrogens is 200 g/mol. The Labute approximate surface area is 97.1 Å². The van der Waals surface area contributed by atoms with Gasteiger partial charge < -0.3 is 15.3 Å². The summed E-state index contributed by atoms with van der Waals surface area (Å²) in [5, 5.41) is 13.7. The molecule has 16 heavy (non-hydrogen) atoms. The molecule has 1 aliphatic heterocycles. The molecule has 1 heterocycles. The first-order chi connectivity index (χ1) is 7.60. The maximum Gasteiger partial charge on any atom is 0.103 e. The molecule has 3 heteroatoms. The van der Waals surface area contributed by atoms with E-state index in [1.165, 1.54) is 5.56 Å². The minimum Gasteiger partial charge on any atom is -0.384 e. The normalized spacial score (nSPS) is 25.2. The van der Waals surface area contributed by atoms with Crippen LogP contribution in [0.1, 0.15) is 17.5 Å². The Kier molecular flexibility index (Phi) is 3.28. The zero-order valence-electron chi connectivity index (χ0n) is 10.0. The van der Waals surface area contributed by atoms with E-state index in [4.69, 9.17) is 0 Å². The number of hydrogen-bond donors (Lipinski definition) is 2. The van der Waals surface area contributed by atoms with Crippen molar-refractivity contribution in [2.45, 2.75) is 18.6 Å². The maximum absolute atomic E-state index is 10.4. The van der Waals surface area contributed by atoms with Crippen LogP contribution in [0.5, 0.6) is 0 Å². The van der Waals surface area contributed by atoms with E-state index in [2.05, 4.69) is 36.4 Å². The summed E-state index contributed by atoms with van der Waals surface area (Å²) in [7, 11) is 4.11. The second kappa shape index (κ2) is 4.53. The van der Waals surface area contributed by atoms with Crippen molar-refractivity contribution in [2.24, 2.45) is 0 Å².